The summed E-state index contributed by atoms with van der Waals surface area (Å²) in [7, 11) is 0. The number of nitrogens with one attached hydrogen (secondary N) is 1. The van der Waals surface area contributed by atoms with Crippen molar-refractivity contribution in [3.8, 4) is 0 Å². The smallest absolute Gasteiger partial charge is 0.0594 e. The van der Waals surface area contributed by atoms with Gasteiger partial charge in [-0.3, -0.25) is 4.90 Å². The molecule has 3 rings (SSSR count). The largest absolute Gasteiger partial charge is 0.379 e. The lowest BCUT2D eigenvalue weighted by Crippen LogP contribution is -2.44. The predicted octanol–water partition coefficient (Wildman–Crippen LogP) is 1.42. The van der Waals surface area contributed by atoms with Crippen molar-refractivity contribution in [2.45, 2.75) is 38.6 Å². The minimum atomic E-state index is 0.792. The number of nitrogens with zero attached hydrogens (tertiary/aromatic N) is 2. The van der Waals surface area contributed by atoms with Gasteiger partial charge >= 0.3 is 0 Å². The molecule has 1 N–H and O–H groups in total. The Labute approximate surface area is 130 Å². The standard InChI is InChI=1S/C17H33N3O/c1-15(16-3-2-6-18-13-16)4-7-19-8-5-17(14-19)20-9-11-21-12-10-20/h15-18H,2-14H2,1H3. The maximum atomic E-state index is 5.47. The lowest BCUT2D eigenvalue weighted by Gasteiger charge is -2.32. The van der Waals surface area contributed by atoms with Crippen LogP contribution in [0.1, 0.15) is 32.6 Å². The molecule has 122 valence electrons. The van der Waals surface area contributed by atoms with Crippen LogP contribution in [-0.2, 0) is 4.74 Å². The molecule has 3 aliphatic heterocycles. The number of piperidine rings is 1. The number of rotatable bonds is 5. The third-order valence-corrected chi connectivity index (χ3v) is 5.85. The molecule has 0 aromatic carbocycles. The van der Waals surface area contributed by atoms with E-state index in [0.29, 0.717) is 0 Å². The second kappa shape index (κ2) is 7.91. The van der Waals surface area contributed by atoms with Crippen LogP contribution in [0.2, 0.25) is 0 Å². The highest BCUT2D eigenvalue weighted by molar-refractivity contribution is 4.85. The summed E-state index contributed by atoms with van der Waals surface area (Å²) in [5.41, 5.74) is 0. The van der Waals surface area contributed by atoms with Crippen molar-refractivity contribution in [1.29, 1.82) is 0 Å². The van der Waals surface area contributed by atoms with Crippen LogP contribution in [-0.4, -0.2) is 74.9 Å². The topological polar surface area (TPSA) is 27.7 Å². The van der Waals surface area contributed by atoms with Crippen molar-refractivity contribution in [1.82, 2.24) is 15.1 Å². The molecule has 21 heavy (non-hydrogen) atoms. The highest BCUT2D eigenvalue weighted by Crippen LogP contribution is 2.24. The van der Waals surface area contributed by atoms with Crippen molar-refractivity contribution in [2.75, 3.05) is 59.0 Å². The minimum Gasteiger partial charge on any atom is -0.379 e. The van der Waals surface area contributed by atoms with Crippen LogP contribution in [0.4, 0.5) is 0 Å². The maximum absolute atomic E-state index is 5.47. The normalized spacial score (nSPS) is 34.1. The van der Waals surface area contributed by atoms with Crippen LogP contribution in [0.5, 0.6) is 0 Å². The highest BCUT2D eigenvalue weighted by Gasteiger charge is 2.29. The number of hydrogen-bond donors (Lipinski definition) is 1. The van der Waals surface area contributed by atoms with E-state index in [2.05, 4.69) is 22.0 Å². The fourth-order valence-corrected chi connectivity index (χ4v) is 4.24. The van der Waals surface area contributed by atoms with Gasteiger partial charge in [-0.25, -0.2) is 0 Å². The van der Waals surface area contributed by atoms with E-state index in [-0.39, 0.29) is 0 Å². The fourth-order valence-electron chi connectivity index (χ4n) is 4.24. The van der Waals surface area contributed by atoms with Crippen LogP contribution in [0.15, 0.2) is 0 Å². The molecule has 3 saturated heterocycles. The summed E-state index contributed by atoms with van der Waals surface area (Å²) >= 11 is 0. The fraction of sp³-hybridized carbons (Fsp3) is 1.00. The molecule has 3 heterocycles. The first-order valence-corrected chi connectivity index (χ1v) is 9.08. The van der Waals surface area contributed by atoms with E-state index in [1.165, 1.54) is 58.4 Å². The van der Waals surface area contributed by atoms with E-state index in [0.717, 1.165) is 44.2 Å². The Morgan fingerprint density at radius 1 is 1.19 bits per heavy atom. The lowest BCUT2D eigenvalue weighted by molar-refractivity contribution is 0.0184. The predicted molar refractivity (Wildman–Crippen MR) is 86.6 cm³/mol. The second-order valence-corrected chi connectivity index (χ2v) is 7.26. The van der Waals surface area contributed by atoms with Gasteiger partial charge in [0.2, 0.25) is 0 Å². The van der Waals surface area contributed by atoms with Gasteiger partial charge in [-0.05, 0) is 63.7 Å². The van der Waals surface area contributed by atoms with Crippen LogP contribution in [0, 0.1) is 11.8 Å². The van der Waals surface area contributed by atoms with Gasteiger partial charge in [0.05, 0.1) is 13.2 Å². The number of hydrogen-bond acceptors (Lipinski definition) is 4. The summed E-state index contributed by atoms with van der Waals surface area (Å²) in [6.45, 7) is 13.0. The van der Waals surface area contributed by atoms with Crippen molar-refractivity contribution in [3.63, 3.8) is 0 Å². The average molecular weight is 295 g/mol. The Morgan fingerprint density at radius 2 is 2.05 bits per heavy atom. The van der Waals surface area contributed by atoms with Crippen molar-refractivity contribution in [2.24, 2.45) is 11.8 Å². The lowest BCUT2D eigenvalue weighted by atomic mass is 9.85. The molecule has 4 heteroatoms. The molecule has 0 spiro atoms. The van der Waals surface area contributed by atoms with Gasteiger partial charge in [-0.15, -0.1) is 0 Å². The minimum absolute atomic E-state index is 0.792. The zero-order chi connectivity index (χ0) is 14.5. The molecule has 3 unspecified atom stereocenters. The Bertz CT molecular complexity index is 300. The summed E-state index contributed by atoms with van der Waals surface area (Å²) in [5.74, 6) is 1.79. The average Bonchev–Trinajstić information content (AvgIpc) is 3.03. The Morgan fingerprint density at radius 3 is 2.81 bits per heavy atom. The van der Waals surface area contributed by atoms with E-state index in [1.807, 2.05) is 0 Å². The summed E-state index contributed by atoms with van der Waals surface area (Å²) in [6.07, 6.45) is 5.55. The van der Waals surface area contributed by atoms with Gasteiger partial charge in [0.15, 0.2) is 0 Å². The number of ether oxygens (including phenoxy) is 1. The van der Waals surface area contributed by atoms with E-state index >= 15 is 0 Å². The Kier molecular flexibility index (Phi) is 5.92. The molecule has 0 amide bonds. The number of likely N-dealkylation sites (tertiary alicyclic amines) is 1. The van der Waals surface area contributed by atoms with Crippen molar-refractivity contribution in [3.05, 3.63) is 0 Å². The van der Waals surface area contributed by atoms with E-state index in [9.17, 15) is 0 Å². The Hall–Kier alpha value is -0.160. The first-order valence-electron chi connectivity index (χ1n) is 9.08. The third kappa shape index (κ3) is 4.41. The third-order valence-electron chi connectivity index (χ3n) is 5.85. The first-order chi connectivity index (χ1) is 10.3. The van der Waals surface area contributed by atoms with E-state index in [4.69, 9.17) is 4.74 Å². The van der Waals surface area contributed by atoms with E-state index < -0.39 is 0 Å². The monoisotopic (exact) mass is 295 g/mol. The molecule has 0 aromatic rings. The maximum Gasteiger partial charge on any atom is 0.0594 e. The quantitative estimate of drug-likeness (QED) is 0.830. The molecule has 0 bridgehead atoms. The second-order valence-electron chi connectivity index (χ2n) is 7.26. The van der Waals surface area contributed by atoms with Gasteiger partial charge in [0.1, 0.15) is 0 Å². The molecule has 3 aliphatic rings. The van der Waals surface area contributed by atoms with Gasteiger partial charge < -0.3 is 15.0 Å². The summed E-state index contributed by atoms with van der Waals surface area (Å²) < 4.78 is 5.47. The molecule has 3 atom stereocenters. The molecular formula is C17H33N3O. The number of morpholine rings is 1. The molecule has 0 saturated carbocycles. The SMILES string of the molecule is CC(CCN1CCC(N2CCOCC2)C1)C1CCCNC1. The molecule has 0 aliphatic carbocycles. The molecule has 3 fully saturated rings. The first kappa shape index (κ1) is 15.7. The molecule has 0 aromatic heterocycles. The zero-order valence-corrected chi connectivity index (χ0v) is 13.7. The van der Waals surface area contributed by atoms with E-state index in [1.54, 1.807) is 0 Å². The van der Waals surface area contributed by atoms with Crippen LogP contribution in [0.3, 0.4) is 0 Å². The van der Waals surface area contributed by atoms with Crippen molar-refractivity contribution < 1.29 is 4.74 Å². The zero-order valence-electron chi connectivity index (χ0n) is 13.7. The van der Waals surface area contributed by atoms with Crippen LogP contribution < -0.4 is 5.32 Å². The van der Waals surface area contributed by atoms with Gasteiger partial charge in [0, 0.05) is 25.7 Å². The molecule has 4 nitrogen and oxygen atoms in total. The highest BCUT2D eigenvalue weighted by atomic mass is 16.5. The summed E-state index contributed by atoms with van der Waals surface area (Å²) in [6, 6.07) is 0.792. The Balaban J connectivity index is 1.36. The molecular weight excluding hydrogens is 262 g/mol. The molecule has 0 radical (unpaired) electrons. The van der Waals surface area contributed by atoms with Crippen molar-refractivity contribution >= 4 is 0 Å². The summed E-state index contributed by atoms with van der Waals surface area (Å²) in [4.78, 5) is 5.35. The van der Waals surface area contributed by atoms with Crippen LogP contribution >= 0.6 is 0 Å². The van der Waals surface area contributed by atoms with Crippen LogP contribution in [0.25, 0.3) is 0 Å². The van der Waals surface area contributed by atoms with Gasteiger partial charge in [-0.2, -0.15) is 0 Å². The van der Waals surface area contributed by atoms with Gasteiger partial charge in [-0.1, -0.05) is 6.92 Å². The summed E-state index contributed by atoms with van der Waals surface area (Å²) in [5, 5.41) is 3.56. The van der Waals surface area contributed by atoms with Gasteiger partial charge in [0.25, 0.3) is 0 Å².